The first kappa shape index (κ1) is 17.0. The van der Waals surface area contributed by atoms with E-state index in [9.17, 15) is 10.0 Å². The van der Waals surface area contributed by atoms with Gasteiger partial charge in [-0.25, -0.2) is 0 Å². The van der Waals surface area contributed by atoms with Gasteiger partial charge < -0.3 is 5.32 Å². The van der Waals surface area contributed by atoms with E-state index in [2.05, 4.69) is 16.4 Å². The molecular weight excluding hydrogens is 290 g/mol. The first-order chi connectivity index (χ1) is 10.9. The van der Waals surface area contributed by atoms with Gasteiger partial charge in [0.15, 0.2) is 5.84 Å². The van der Waals surface area contributed by atoms with E-state index in [4.69, 9.17) is 0 Å². The van der Waals surface area contributed by atoms with Gasteiger partial charge in [-0.2, -0.15) is 5.06 Å². The quantitative estimate of drug-likeness (QED) is 0.840. The maximum absolute atomic E-state index is 12.0. The number of nitrogens with one attached hydrogen (secondary N) is 1. The summed E-state index contributed by atoms with van der Waals surface area (Å²) in [6, 6.07) is 8.19. The Labute approximate surface area is 137 Å². The van der Waals surface area contributed by atoms with Crippen LogP contribution in [0.5, 0.6) is 0 Å². The molecule has 0 aliphatic carbocycles. The summed E-state index contributed by atoms with van der Waals surface area (Å²) in [6.45, 7) is 8.87. The largest absolute Gasteiger partial charge is 0.380 e. The molecule has 0 saturated heterocycles. The van der Waals surface area contributed by atoms with Crippen LogP contribution in [0.4, 0.5) is 0 Å². The van der Waals surface area contributed by atoms with Crippen molar-refractivity contribution in [1.82, 2.24) is 10.4 Å². The fourth-order valence-electron chi connectivity index (χ4n) is 2.54. The van der Waals surface area contributed by atoms with Gasteiger partial charge in [-0.1, -0.05) is 35.4 Å². The first-order valence-corrected chi connectivity index (χ1v) is 7.70. The van der Waals surface area contributed by atoms with Gasteiger partial charge in [0.25, 0.3) is 5.91 Å². The van der Waals surface area contributed by atoms with Crippen LogP contribution in [0.2, 0.25) is 0 Å². The average Bonchev–Trinajstić information content (AvgIpc) is 2.49. The van der Waals surface area contributed by atoms with Crippen molar-refractivity contribution in [2.45, 2.75) is 34.2 Å². The Morgan fingerprint density at radius 1 is 1.35 bits per heavy atom. The number of allylic oxidation sites excluding steroid dienone is 1. The predicted octanol–water partition coefficient (Wildman–Crippen LogP) is 2.95. The summed E-state index contributed by atoms with van der Waals surface area (Å²) in [5.74, 6) is -0.194. The van der Waals surface area contributed by atoms with Crippen molar-refractivity contribution in [3.63, 3.8) is 0 Å². The zero-order chi connectivity index (χ0) is 17.0. The molecule has 2 rings (SSSR count). The van der Waals surface area contributed by atoms with Gasteiger partial charge in [0, 0.05) is 24.7 Å². The lowest BCUT2D eigenvalue weighted by molar-refractivity contribution is -0.143. The van der Waals surface area contributed by atoms with Gasteiger partial charge in [-0.3, -0.25) is 15.0 Å². The Morgan fingerprint density at radius 2 is 2.09 bits per heavy atom. The smallest absolute Gasteiger partial charge is 0.278 e. The lowest BCUT2D eigenvalue weighted by atomic mass is 10.0. The average molecular weight is 313 g/mol. The van der Waals surface area contributed by atoms with Crippen LogP contribution < -0.4 is 5.32 Å². The van der Waals surface area contributed by atoms with Crippen molar-refractivity contribution in [2.24, 2.45) is 4.99 Å². The summed E-state index contributed by atoms with van der Waals surface area (Å²) in [7, 11) is 0. The summed E-state index contributed by atoms with van der Waals surface area (Å²) in [5.41, 5.74) is 4.75. The Hall–Kier alpha value is -2.40. The molecule has 1 aromatic carbocycles. The minimum absolute atomic E-state index is 0.298. The van der Waals surface area contributed by atoms with Gasteiger partial charge in [0.2, 0.25) is 0 Å². The third-order valence-corrected chi connectivity index (χ3v) is 3.54. The maximum Gasteiger partial charge on any atom is 0.278 e. The number of benzene rings is 1. The molecule has 23 heavy (non-hydrogen) atoms. The lowest BCUT2D eigenvalue weighted by Crippen LogP contribution is -2.41. The number of hydrogen-bond donors (Lipinski definition) is 2. The fourth-order valence-corrected chi connectivity index (χ4v) is 2.54. The number of hydroxylamine groups is 2. The van der Waals surface area contributed by atoms with E-state index in [0.717, 1.165) is 16.7 Å². The highest BCUT2D eigenvalue weighted by atomic mass is 16.5. The van der Waals surface area contributed by atoms with Crippen LogP contribution in [0, 0.1) is 6.92 Å². The standard InChI is InChI=1S/C18H23N3O2/c1-5-19-18-17(12(2)3)15(10-16(22)21(18)23)20-11-14-8-6-7-13(4)9-14/h6-10,20,23H,5,11H2,1-4H3. The normalized spacial score (nSPS) is 16.7. The lowest BCUT2D eigenvalue weighted by Gasteiger charge is -2.27. The SMILES string of the molecule is CCN=C1C(=C(C)C)C(NCc2cccc(C)c2)=CC(=O)N1O. The van der Waals surface area contributed by atoms with Crippen molar-refractivity contribution in [3.8, 4) is 0 Å². The van der Waals surface area contributed by atoms with Crippen molar-refractivity contribution < 1.29 is 10.0 Å². The van der Waals surface area contributed by atoms with Gasteiger partial charge in [0.05, 0.1) is 5.70 Å². The molecule has 0 atom stereocenters. The van der Waals surface area contributed by atoms with Crippen LogP contribution in [0.3, 0.4) is 0 Å². The molecule has 122 valence electrons. The summed E-state index contributed by atoms with van der Waals surface area (Å²) in [4.78, 5) is 16.2. The molecular formula is C18H23N3O2. The van der Waals surface area contributed by atoms with E-state index in [0.29, 0.717) is 29.7 Å². The minimum atomic E-state index is -0.492. The number of aryl methyl sites for hydroxylation is 1. The second-order valence-corrected chi connectivity index (χ2v) is 5.72. The summed E-state index contributed by atoms with van der Waals surface area (Å²) in [6.07, 6.45) is 1.41. The Bertz CT molecular complexity index is 698. The zero-order valence-corrected chi connectivity index (χ0v) is 14.1. The third kappa shape index (κ3) is 3.87. The highest BCUT2D eigenvalue weighted by molar-refractivity contribution is 6.15. The molecule has 2 N–H and O–H groups in total. The molecule has 0 radical (unpaired) electrons. The molecule has 0 bridgehead atoms. The number of amides is 1. The molecule has 1 aliphatic rings. The third-order valence-electron chi connectivity index (χ3n) is 3.54. The van der Waals surface area contributed by atoms with Gasteiger partial charge in [0.1, 0.15) is 0 Å². The molecule has 1 aliphatic heterocycles. The molecule has 1 amide bonds. The van der Waals surface area contributed by atoms with E-state index in [1.807, 2.05) is 45.9 Å². The molecule has 1 heterocycles. The fraction of sp³-hybridized carbons (Fsp3) is 0.333. The summed E-state index contributed by atoms with van der Waals surface area (Å²) >= 11 is 0. The van der Waals surface area contributed by atoms with E-state index >= 15 is 0 Å². The number of rotatable bonds is 4. The predicted molar refractivity (Wildman–Crippen MR) is 91.1 cm³/mol. The van der Waals surface area contributed by atoms with Gasteiger partial charge in [-0.15, -0.1) is 0 Å². The Kier molecular flexibility index (Phi) is 5.34. The van der Waals surface area contributed by atoms with Crippen LogP contribution >= 0.6 is 0 Å². The number of nitrogens with zero attached hydrogens (tertiary/aromatic N) is 2. The zero-order valence-electron chi connectivity index (χ0n) is 14.1. The van der Waals surface area contributed by atoms with Crippen molar-refractivity contribution in [2.75, 3.05) is 6.54 Å². The second-order valence-electron chi connectivity index (χ2n) is 5.72. The number of carbonyl (C=O) groups is 1. The second kappa shape index (κ2) is 7.24. The highest BCUT2D eigenvalue weighted by Gasteiger charge is 2.29. The molecule has 0 unspecified atom stereocenters. The molecule has 0 aromatic heterocycles. The Balaban J connectivity index is 2.32. The maximum atomic E-state index is 12.0. The van der Waals surface area contributed by atoms with E-state index < -0.39 is 5.91 Å². The topological polar surface area (TPSA) is 64.9 Å². The number of carbonyl (C=O) groups excluding carboxylic acids is 1. The van der Waals surface area contributed by atoms with Crippen molar-refractivity contribution >= 4 is 11.7 Å². The van der Waals surface area contributed by atoms with E-state index in [-0.39, 0.29) is 0 Å². The van der Waals surface area contributed by atoms with Crippen LogP contribution in [0.15, 0.2) is 52.2 Å². The molecule has 5 nitrogen and oxygen atoms in total. The van der Waals surface area contributed by atoms with Crippen LogP contribution in [0.25, 0.3) is 0 Å². The Morgan fingerprint density at radius 3 is 2.70 bits per heavy atom. The van der Waals surface area contributed by atoms with Crippen LogP contribution in [-0.4, -0.2) is 28.6 Å². The van der Waals surface area contributed by atoms with Gasteiger partial charge in [-0.05, 0) is 33.3 Å². The van der Waals surface area contributed by atoms with Gasteiger partial charge >= 0.3 is 0 Å². The first-order valence-electron chi connectivity index (χ1n) is 7.70. The molecule has 1 aromatic rings. The van der Waals surface area contributed by atoms with E-state index in [1.54, 1.807) is 0 Å². The van der Waals surface area contributed by atoms with Crippen LogP contribution in [-0.2, 0) is 11.3 Å². The van der Waals surface area contributed by atoms with Crippen molar-refractivity contribution in [1.29, 1.82) is 0 Å². The monoisotopic (exact) mass is 313 g/mol. The van der Waals surface area contributed by atoms with E-state index in [1.165, 1.54) is 11.6 Å². The number of aliphatic imine (C=N–C) groups is 1. The molecule has 5 heteroatoms. The highest BCUT2D eigenvalue weighted by Crippen LogP contribution is 2.22. The summed E-state index contributed by atoms with van der Waals surface area (Å²) < 4.78 is 0. The van der Waals surface area contributed by atoms with Crippen molar-refractivity contribution in [3.05, 3.63) is 58.3 Å². The number of hydrogen-bond acceptors (Lipinski definition) is 4. The minimum Gasteiger partial charge on any atom is -0.380 e. The summed E-state index contributed by atoms with van der Waals surface area (Å²) in [5, 5.41) is 13.9. The molecule has 0 saturated carbocycles. The molecule has 0 spiro atoms. The number of amidine groups is 1. The molecule has 0 fully saturated rings. The van der Waals surface area contributed by atoms with Crippen LogP contribution in [0.1, 0.15) is 31.9 Å².